The summed E-state index contributed by atoms with van der Waals surface area (Å²) in [5.74, 6) is -2.47. The Hall–Kier alpha value is -3.68. The number of hydrogen-bond acceptors (Lipinski definition) is 4. The third-order valence-corrected chi connectivity index (χ3v) is 5.18. The molecule has 1 aliphatic rings. The molecule has 0 aliphatic carbocycles. The third kappa shape index (κ3) is 4.83. The molecular formula is C22H24N4O4. The zero-order valence-corrected chi connectivity index (χ0v) is 16.4. The Kier molecular flexibility index (Phi) is 6.46. The number of rotatable bonds is 6. The number of nitrogens with two attached hydrogens (primary N) is 2. The lowest BCUT2D eigenvalue weighted by Gasteiger charge is -2.38. The van der Waals surface area contributed by atoms with E-state index in [1.807, 2.05) is 36.4 Å². The third-order valence-electron chi connectivity index (χ3n) is 5.18. The van der Waals surface area contributed by atoms with Crippen molar-refractivity contribution in [3.05, 3.63) is 71.8 Å². The van der Waals surface area contributed by atoms with Crippen LogP contribution in [0.2, 0.25) is 0 Å². The molecule has 30 heavy (non-hydrogen) atoms. The number of nitrogens with zero attached hydrogens (tertiary/aromatic N) is 2. The van der Waals surface area contributed by atoms with Crippen LogP contribution in [-0.4, -0.2) is 45.5 Å². The normalized spacial score (nSPS) is 19.9. The Labute approximate surface area is 174 Å². The first-order valence-electron chi connectivity index (χ1n) is 9.62. The number of carbonyl (C=O) groups excluding carboxylic acids is 4. The van der Waals surface area contributed by atoms with Crippen molar-refractivity contribution in [2.24, 2.45) is 11.5 Å². The van der Waals surface area contributed by atoms with Crippen LogP contribution in [0.15, 0.2) is 60.7 Å². The van der Waals surface area contributed by atoms with Crippen molar-refractivity contribution in [1.82, 2.24) is 9.80 Å². The van der Waals surface area contributed by atoms with Crippen LogP contribution in [0.4, 0.5) is 0 Å². The van der Waals surface area contributed by atoms with Crippen LogP contribution in [0.1, 0.15) is 24.0 Å². The van der Waals surface area contributed by atoms with Crippen molar-refractivity contribution in [1.29, 1.82) is 0 Å². The van der Waals surface area contributed by atoms with Gasteiger partial charge in [-0.2, -0.15) is 0 Å². The number of benzene rings is 2. The SMILES string of the molecule is NC(=O)C1CC(=O)N(Cc2ccccc2)C(C(N)=O)CC(=O)N1Cc1ccccc1. The molecule has 1 heterocycles. The van der Waals surface area contributed by atoms with Crippen molar-refractivity contribution >= 4 is 23.6 Å². The summed E-state index contributed by atoms with van der Waals surface area (Å²) in [5.41, 5.74) is 12.7. The summed E-state index contributed by atoms with van der Waals surface area (Å²) in [6.45, 7) is 0.204. The topological polar surface area (TPSA) is 127 Å². The Morgan fingerprint density at radius 3 is 1.33 bits per heavy atom. The van der Waals surface area contributed by atoms with Crippen LogP contribution < -0.4 is 11.5 Å². The zero-order chi connectivity index (χ0) is 21.7. The molecule has 1 fully saturated rings. The van der Waals surface area contributed by atoms with Crippen LogP contribution in [0.3, 0.4) is 0 Å². The fourth-order valence-electron chi connectivity index (χ4n) is 3.60. The minimum atomic E-state index is -1.11. The summed E-state index contributed by atoms with van der Waals surface area (Å²) in [4.78, 5) is 53.0. The molecule has 2 unspecified atom stereocenters. The van der Waals surface area contributed by atoms with Gasteiger partial charge in [0.05, 0.1) is 12.8 Å². The second kappa shape index (κ2) is 9.21. The fourth-order valence-corrected chi connectivity index (χ4v) is 3.60. The molecule has 3 rings (SSSR count). The van der Waals surface area contributed by atoms with Gasteiger partial charge in [0.2, 0.25) is 23.6 Å². The summed E-state index contributed by atoms with van der Waals surface area (Å²) >= 11 is 0. The number of hydrogen-bond donors (Lipinski definition) is 2. The quantitative estimate of drug-likeness (QED) is 0.723. The summed E-state index contributed by atoms with van der Waals surface area (Å²) in [6, 6.07) is 15.9. The summed E-state index contributed by atoms with van der Waals surface area (Å²) < 4.78 is 0. The predicted octanol–water partition coefficient (Wildman–Crippen LogP) is 0.546. The molecule has 2 aromatic carbocycles. The van der Waals surface area contributed by atoms with Crippen LogP contribution in [0, 0.1) is 0 Å². The van der Waals surface area contributed by atoms with Crippen LogP contribution >= 0.6 is 0 Å². The van der Waals surface area contributed by atoms with E-state index in [0.717, 1.165) is 11.1 Å². The maximum Gasteiger partial charge on any atom is 0.240 e. The second-order valence-electron chi connectivity index (χ2n) is 7.26. The van der Waals surface area contributed by atoms with Gasteiger partial charge in [-0.3, -0.25) is 19.2 Å². The smallest absolute Gasteiger partial charge is 0.240 e. The lowest BCUT2D eigenvalue weighted by Crippen LogP contribution is -2.57. The molecule has 1 aliphatic heterocycles. The minimum Gasteiger partial charge on any atom is -0.368 e. The fraction of sp³-hybridized carbons (Fsp3) is 0.273. The lowest BCUT2D eigenvalue weighted by molar-refractivity contribution is -0.153. The highest BCUT2D eigenvalue weighted by Crippen LogP contribution is 2.22. The van der Waals surface area contributed by atoms with Gasteiger partial charge in [-0.25, -0.2) is 0 Å². The standard InChI is InChI=1S/C22H24N4O4/c23-21(29)17-11-20(28)26(14-16-9-5-2-6-10-16)18(22(24)30)12-19(27)25(17)13-15-7-3-1-4-8-15/h1-10,17-18H,11-14H2,(H2,23,29)(H2,24,30). The molecule has 1 saturated heterocycles. The van der Waals surface area contributed by atoms with Crippen LogP contribution in [-0.2, 0) is 32.3 Å². The van der Waals surface area contributed by atoms with Gasteiger partial charge in [-0.1, -0.05) is 60.7 Å². The van der Waals surface area contributed by atoms with E-state index in [1.54, 1.807) is 24.3 Å². The molecule has 2 atom stereocenters. The van der Waals surface area contributed by atoms with E-state index < -0.39 is 35.7 Å². The molecule has 4 N–H and O–H groups in total. The van der Waals surface area contributed by atoms with E-state index in [9.17, 15) is 19.2 Å². The summed E-state index contributed by atoms with van der Waals surface area (Å²) in [7, 11) is 0. The maximum atomic E-state index is 13.1. The van der Waals surface area contributed by atoms with E-state index in [-0.39, 0.29) is 25.9 Å². The molecule has 0 radical (unpaired) electrons. The van der Waals surface area contributed by atoms with Gasteiger partial charge in [0, 0.05) is 13.1 Å². The first-order valence-corrected chi connectivity index (χ1v) is 9.62. The molecule has 8 nitrogen and oxygen atoms in total. The van der Waals surface area contributed by atoms with Gasteiger partial charge in [0.15, 0.2) is 0 Å². The average Bonchev–Trinajstić information content (AvgIpc) is 2.73. The van der Waals surface area contributed by atoms with E-state index in [1.165, 1.54) is 9.80 Å². The van der Waals surface area contributed by atoms with E-state index in [0.29, 0.717) is 0 Å². The van der Waals surface area contributed by atoms with Crippen molar-refractivity contribution in [2.45, 2.75) is 38.0 Å². The molecule has 0 aromatic heterocycles. The number of carbonyl (C=O) groups is 4. The highest BCUT2D eigenvalue weighted by Gasteiger charge is 2.40. The highest BCUT2D eigenvalue weighted by atomic mass is 16.2. The van der Waals surface area contributed by atoms with Gasteiger partial charge in [0.1, 0.15) is 12.1 Å². The Morgan fingerprint density at radius 1 is 0.700 bits per heavy atom. The van der Waals surface area contributed by atoms with Crippen LogP contribution in [0.5, 0.6) is 0 Å². The van der Waals surface area contributed by atoms with Gasteiger partial charge in [-0.05, 0) is 11.1 Å². The zero-order valence-electron chi connectivity index (χ0n) is 16.4. The Bertz CT molecular complexity index is 855. The lowest BCUT2D eigenvalue weighted by atomic mass is 10.00. The molecule has 0 saturated carbocycles. The molecular weight excluding hydrogens is 384 g/mol. The van der Waals surface area contributed by atoms with Gasteiger partial charge >= 0.3 is 0 Å². The number of amides is 4. The summed E-state index contributed by atoms with van der Waals surface area (Å²) in [5, 5.41) is 0. The molecule has 2 aromatic rings. The van der Waals surface area contributed by atoms with Gasteiger partial charge < -0.3 is 21.3 Å². The average molecular weight is 408 g/mol. The van der Waals surface area contributed by atoms with Crippen molar-refractivity contribution in [2.75, 3.05) is 0 Å². The van der Waals surface area contributed by atoms with Crippen molar-refractivity contribution < 1.29 is 19.2 Å². The Morgan fingerprint density at radius 2 is 1.03 bits per heavy atom. The Balaban J connectivity index is 1.93. The van der Waals surface area contributed by atoms with E-state index in [4.69, 9.17) is 11.5 Å². The van der Waals surface area contributed by atoms with Crippen molar-refractivity contribution in [3.63, 3.8) is 0 Å². The molecule has 8 heteroatoms. The molecule has 0 spiro atoms. The molecule has 4 amide bonds. The van der Waals surface area contributed by atoms with Gasteiger partial charge in [0.25, 0.3) is 0 Å². The maximum absolute atomic E-state index is 13.1. The first-order chi connectivity index (χ1) is 14.4. The highest BCUT2D eigenvalue weighted by molar-refractivity contribution is 5.97. The van der Waals surface area contributed by atoms with Crippen LogP contribution in [0.25, 0.3) is 0 Å². The largest absolute Gasteiger partial charge is 0.368 e. The van der Waals surface area contributed by atoms with Crippen molar-refractivity contribution in [3.8, 4) is 0 Å². The predicted molar refractivity (Wildman–Crippen MR) is 109 cm³/mol. The molecule has 156 valence electrons. The van der Waals surface area contributed by atoms with E-state index in [2.05, 4.69) is 0 Å². The minimum absolute atomic E-state index is 0.102. The number of primary amides is 2. The van der Waals surface area contributed by atoms with E-state index >= 15 is 0 Å². The first kappa shape index (κ1) is 21.0. The monoisotopic (exact) mass is 408 g/mol. The summed E-state index contributed by atoms with van der Waals surface area (Å²) in [6.07, 6.45) is -0.630. The van der Waals surface area contributed by atoms with Gasteiger partial charge in [-0.15, -0.1) is 0 Å². The second-order valence-corrected chi connectivity index (χ2v) is 7.26. The molecule has 0 bridgehead atoms.